The van der Waals surface area contributed by atoms with E-state index < -0.39 is 5.97 Å². The van der Waals surface area contributed by atoms with Crippen LogP contribution in [0.15, 0.2) is 0 Å². The van der Waals surface area contributed by atoms with Crippen LogP contribution in [0.5, 0.6) is 0 Å². The highest BCUT2D eigenvalue weighted by Crippen LogP contribution is 1.89. The summed E-state index contributed by atoms with van der Waals surface area (Å²) in [6.45, 7) is 18.9. The first kappa shape index (κ1) is 55.8. The van der Waals surface area contributed by atoms with Gasteiger partial charge in [-0.15, -0.1) is 0 Å². The summed E-state index contributed by atoms with van der Waals surface area (Å²) in [5.41, 5.74) is 0. The maximum Gasteiger partial charge on any atom is 0.305 e. The third-order valence-electron chi connectivity index (χ3n) is 6.76. The van der Waals surface area contributed by atoms with E-state index in [0.717, 1.165) is 13.0 Å². The van der Waals surface area contributed by atoms with Crippen LogP contribution in [0.1, 0.15) is 19.8 Å². The molecule has 1 N–H and O–H groups in total. The lowest BCUT2D eigenvalue weighted by Gasteiger charge is -2.09. The molecule has 0 aliphatic carbocycles. The van der Waals surface area contributed by atoms with Crippen molar-refractivity contribution in [1.82, 2.24) is 0 Å². The molecule has 342 valence electrons. The van der Waals surface area contributed by atoms with Crippen molar-refractivity contribution >= 4 is 5.97 Å². The Morgan fingerprint density at radius 3 is 0.491 bits per heavy atom. The van der Waals surface area contributed by atoms with Gasteiger partial charge in [-0.2, -0.15) is 0 Å². The highest BCUT2D eigenvalue weighted by Gasteiger charge is 1.99. The van der Waals surface area contributed by atoms with Gasteiger partial charge in [0, 0.05) is 6.61 Å². The van der Waals surface area contributed by atoms with Crippen molar-refractivity contribution in [3.8, 4) is 0 Å². The zero-order chi connectivity index (χ0) is 41.1. The van der Waals surface area contributed by atoms with Gasteiger partial charge in [0.05, 0.1) is 224 Å². The molecule has 19 heteroatoms. The third-order valence-corrected chi connectivity index (χ3v) is 6.76. The molecule has 0 atom stereocenters. The monoisotopic (exact) mass is 836 g/mol. The van der Waals surface area contributed by atoms with Gasteiger partial charge in [0.15, 0.2) is 0 Å². The van der Waals surface area contributed by atoms with E-state index in [0.29, 0.717) is 211 Å². The molecule has 0 aromatic heterocycles. The average molecular weight is 837 g/mol. The van der Waals surface area contributed by atoms with Crippen molar-refractivity contribution in [2.24, 2.45) is 0 Å². The molecule has 0 heterocycles. The molecule has 19 nitrogen and oxygen atoms in total. The molecule has 0 rings (SSSR count). The minimum atomic E-state index is -0.877. The van der Waals surface area contributed by atoms with Gasteiger partial charge in [-0.1, -0.05) is 6.92 Å². The zero-order valence-electron chi connectivity index (χ0n) is 34.8. The Kier molecular flexibility index (Phi) is 51.7. The van der Waals surface area contributed by atoms with E-state index in [9.17, 15) is 4.79 Å². The second-order valence-corrected chi connectivity index (χ2v) is 11.6. The Morgan fingerprint density at radius 2 is 0.368 bits per heavy atom. The lowest BCUT2D eigenvalue weighted by Crippen LogP contribution is -2.16. The predicted molar refractivity (Wildman–Crippen MR) is 206 cm³/mol. The largest absolute Gasteiger partial charge is 0.481 e. The van der Waals surface area contributed by atoms with Crippen LogP contribution < -0.4 is 0 Å². The first-order valence-corrected chi connectivity index (χ1v) is 20.3. The molecule has 0 unspecified atom stereocenters. The fraction of sp³-hybridized carbons (Fsp3) is 0.974. The van der Waals surface area contributed by atoms with Gasteiger partial charge in [0.1, 0.15) is 0 Å². The Labute approximate surface area is 340 Å². The SMILES string of the molecule is CCCOCCOCCOCCOCCOCCOCCOCCOCCOCCOCCOCCOCCOCCOCCOCCOCCOCCC(=O)O. The van der Waals surface area contributed by atoms with Crippen molar-refractivity contribution in [3.05, 3.63) is 0 Å². The Morgan fingerprint density at radius 1 is 0.246 bits per heavy atom. The van der Waals surface area contributed by atoms with E-state index in [1.165, 1.54) is 0 Å². The molecule has 0 saturated carbocycles. The highest BCUT2D eigenvalue weighted by molar-refractivity contribution is 5.66. The zero-order valence-corrected chi connectivity index (χ0v) is 34.8. The van der Waals surface area contributed by atoms with Crippen molar-refractivity contribution in [2.75, 3.05) is 225 Å². The summed E-state index contributed by atoms with van der Waals surface area (Å²) in [4.78, 5) is 10.4. The Bertz CT molecular complexity index is 742. The van der Waals surface area contributed by atoms with Gasteiger partial charge in [-0.25, -0.2) is 0 Å². The van der Waals surface area contributed by atoms with Gasteiger partial charge in [0.25, 0.3) is 0 Å². The number of hydrogen-bond donors (Lipinski definition) is 1. The van der Waals surface area contributed by atoms with Crippen molar-refractivity contribution < 1.29 is 90.4 Å². The van der Waals surface area contributed by atoms with Gasteiger partial charge in [-0.3, -0.25) is 4.79 Å². The van der Waals surface area contributed by atoms with E-state index in [1.807, 2.05) is 0 Å². The van der Waals surface area contributed by atoms with Crippen LogP contribution in [-0.4, -0.2) is 236 Å². The number of carbonyl (C=O) groups is 1. The second-order valence-electron chi connectivity index (χ2n) is 11.6. The maximum absolute atomic E-state index is 10.4. The fourth-order valence-corrected chi connectivity index (χ4v) is 3.92. The minimum Gasteiger partial charge on any atom is -0.481 e. The summed E-state index contributed by atoms with van der Waals surface area (Å²) >= 11 is 0. The molecule has 0 spiro atoms. The number of aliphatic carboxylic acids is 1. The molecule has 0 aliphatic heterocycles. The minimum absolute atomic E-state index is 0.00580. The van der Waals surface area contributed by atoms with Crippen LogP contribution >= 0.6 is 0 Å². The molecule has 0 fully saturated rings. The lowest BCUT2D eigenvalue weighted by molar-refractivity contribution is -0.138. The number of hydrogen-bond acceptors (Lipinski definition) is 18. The van der Waals surface area contributed by atoms with Crippen molar-refractivity contribution in [2.45, 2.75) is 19.8 Å². The molecule has 0 aromatic carbocycles. The molecular formula is C38H76O19. The summed E-state index contributed by atoms with van der Waals surface area (Å²) in [7, 11) is 0. The van der Waals surface area contributed by atoms with E-state index >= 15 is 0 Å². The molecule has 0 amide bonds. The number of ether oxygens (including phenoxy) is 17. The molecule has 0 aliphatic rings. The molecular weight excluding hydrogens is 760 g/mol. The van der Waals surface area contributed by atoms with Crippen LogP contribution in [0.3, 0.4) is 0 Å². The molecule has 0 aromatic rings. The second kappa shape index (κ2) is 52.8. The van der Waals surface area contributed by atoms with Crippen LogP contribution in [0, 0.1) is 0 Å². The summed E-state index contributed by atoms with van der Waals surface area (Å²) in [6.07, 6.45) is 1.01. The number of carboxylic acids is 1. The van der Waals surface area contributed by atoms with Crippen LogP contribution in [0.4, 0.5) is 0 Å². The number of rotatable bonds is 53. The molecule has 0 bridgehead atoms. The summed E-state index contributed by atoms with van der Waals surface area (Å²) < 4.78 is 92.3. The first-order valence-electron chi connectivity index (χ1n) is 20.3. The highest BCUT2D eigenvalue weighted by atomic mass is 16.6. The van der Waals surface area contributed by atoms with Gasteiger partial charge < -0.3 is 85.6 Å². The number of carboxylic acid groups (broad SMARTS) is 1. The summed E-state index contributed by atoms with van der Waals surface area (Å²) in [5, 5.41) is 8.50. The van der Waals surface area contributed by atoms with Gasteiger partial charge in [-0.05, 0) is 6.42 Å². The molecule has 57 heavy (non-hydrogen) atoms. The summed E-state index contributed by atoms with van der Waals surface area (Å²) in [6, 6.07) is 0. The van der Waals surface area contributed by atoms with Crippen molar-refractivity contribution in [1.29, 1.82) is 0 Å². The fourth-order valence-electron chi connectivity index (χ4n) is 3.92. The average Bonchev–Trinajstić information content (AvgIpc) is 3.21. The van der Waals surface area contributed by atoms with E-state index in [2.05, 4.69) is 6.92 Å². The lowest BCUT2D eigenvalue weighted by atomic mass is 10.5. The van der Waals surface area contributed by atoms with Gasteiger partial charge in [0.2, 0.25) is 0 Å². The molecule has 0 saturated heterocycles. The standard InChI is InChI=1S/C38H76O19/c1-2-4-41-6-8-43-10-12-45-14-16-47-18-20-49-22-24-51-26-28-53-30-32-55-34-36-57-37-35-56-33-31-54-29-27-52-25-23-50-21-19-48-17-15-46-13-11-44-9-7-42-5-3-38(39)40/h2-37H2,1H3,(H,39,40). The van der Waals surface area contributed by atoms with E-state index in [1.54, 1.807) is 0 Å². The van der Waals surface area contributed by atoms with Crippen LogP contribution in [0.2, 0.25) is 0 Å². The Hall–Kier alpha value is -1.21. The van der Waals surface area contributed by atoms with E-state index in [4.69, 9.17) is 85.6 Å². The Balaban J connectivity index is 3.06. The smallest absolute Gasteiger partial charge is 0.305 e. The topological polar surface area (TPSA) is 194 Å². The first-order chi connectivity index (χ1) is 28.3. The third kappa shape index (κ3) is 54.8. The maximum atomic E-state index is 10.4. The molecule has 0 radical (unpaired) electrons. The van der Waals surface area contributed by atoms with Gasteiger partial charge >= 0.3 is 5.97 Å². The van der Waals surface area contributed by atoms with Crippen LogP contribution in [-0.2, 0) is 85.3 Å². The van der Waals surface area contributed by atoms with Crippen molar-refractivity contribution in [3.63, 3.8) is 0 Å². The van der Waals surface area contributed by atoms with E-state index in [-0.39, 0.29) is 13.0 Å². The quantitative estimate of drug-likeness (QED) is 0.0857. The normalized spacial score (nSPS) is 11.6. The summed E-state index contributed by atoms with van der Waals surface area (Å²) in [5.74, 6) is -0.877. The predicted octanol–water partition coefficient (Wildman–Crippen LogP) is 1.15. The van der Waals surface area contributed by atoms with Crippen LogP contribution in [0.25, 0.3) is 0 Å².